The molecule has 0 atom stereocenters. The van der Waals surface area contributed by atoms with Crippen LogP contribution in [0.2, 0.25) is 0 Å². The maximum Gasteiger partial charge on any atom is 0.407 e. The summed E-state index contributed by atoms with van der Waals surface area (Å²) in [6.45, 7) is 1.91. The van der Waals surface area contributed by atoms with Crippen LogP contribution in [-0.4, -0.2) is 24.2 Å². The highest BCUT2D eigenvalue weighted by atomic mass is 16.6. The predicted octanol–water partition coefficient (Wildman–Crippen LogP) is 4.79. The normalized spacial score (nSPS) is 11.6. The fourth-order valence-electron chi connectivity index (χ4n) is 3.91. The molecular weight excluding hydrogens is 392 g/mol. The molecule has 1 aliphatic rings. The molecule has 154 valence electrons. The van der Waals surface area contributed by atoms with Gasteiger partial charge in [0.25, 0.3) is 5.69 Å². The Morgan fingerprint density at radius 3 is 2.32 bits per heavy atom. The number of carbonyl (C=O) groups excluding carboxylic acids is 1. The second kappa shape index (κ2) is 8.72. The van der Waals surface area contributed by atoms with E-state index in [9.17, 15) is 14.9 Å². The Morgan fingerprint density at radius 1 is 1.03 bits per heavy atom. The first-order valence-electron chi connectivity index (χ1n) is 9.88. The number of aryl methyl sites for hydroxylation is 1. The van der Waals surface area contributed by atoms with Gasteiger partial charge in [-0.05, 0) is 35.2 Å². The Morgan fingerprint density at radius 2 is 1.68 bits per heavy atom. The average molecular weight is 412 g/mol. The van der Waals surface area contributed by atoms with Crippen LogP contribution in [0.4, 0.5) is 10.5 Å². The molecule has 3 aromatic rings. The first-order chi connectivity index (χ1) is 15.1. The van der Waals surface area contributed by atoms with Crippen molar-refractivity contribution in [3.8, 4) is 23.0 Å². The Kier molecular flexibility index (Phi) is 5.67. The van der Waals surface area contributed by atoms with Gasteiger partial charge >= 0.3 is 6.09 Å². The molecule has 0 aliphatic heterocycles. The summed E-state index contributed by atoms with van der Waals surface area (Å²) in [5.74, 6) is 5.49. The topological polar surface area (TPSA) is 81.5 Å². The molecule has 6 heteroatoms. The van der Waals surface area contributed by atoms with E-state index in [0.717, 1.165) is 22.3 Å². The van der Waals surface area contributed by atoms with E-state index in [4.69, 9.17) is 4.74 Å². The van der Waals surface area contributed by atoms with Crippen molar-refractivity contribution in [3.63, 3.8) is 0 Å². The third-order valence-electron chi connectivity index (χ3n) is 5.31. The molecule has 0 bridgehead atoms. The highest BCUT2D eigenvalue weighted by Gasteiger charge is 2.28. The van der Waals surface area contributed by atoms with Crippen LogP contribution in [0.1, 0.15) is 28.2 Å². The number of nitrogens with zero attached hydrogens (tertiary/aromatic N) is 1. The van der Waals surface area contributed by atoms with Gasteiger partial charge in [0, 0.05) is 11.5 Å². The number of alkyl carbamates (subject to hydrolysis) is 1. The summed E-state index contributed by atoms with van der Waals surface area (Å²) >= 11 is 0. The standard InChI is InChI=1S/C25H20N2O4/c1-17-8-6-9-18(24(17)27(29)30)10-7-15-26-25(28)31-16-23-21-13-4-2-11-19(21)20-12-3-5-14-22(20)23/h2-6,8-9,11-14,23H,15-16H2,1H3,(H,26,28). The molecule has 1 N–H and O–H groups in total. The summed E-state index contributed by atoms with van der Waals surface area (Å²) in [4.78, 5) is 22.9. The van der Waals surface area contributed by atoms with E-state index in [-0.39, 0.29) is 24.8 Å². The van der Waals surface area contributed by atoms with Crippen molar-refractivity contribution in [1.29, 1.82) is 0 Å². The predicted molar refractivity (Wildman–Crippen MR) is 118 cm³/mol. The highest BCUT2D eigenvalue weighted by Crippen LogP contribution is 2.44. The van der Waals surface area contributed by atoms with Crippen LogP contribution < -0.4 is 5.32 Å². The van der Waals surface area contributed by atoms with Gasteiger partial charge in [-0.15, -0.1) is 0 Å². The summed E-state index contributed by atoms with van der Waals surface area (Å²) in [5, 5.41) is 13.8. The largest absolute Gasteiger partial charge is 0.449 e. The molecule has 1 aliphatic carbocycles. The lowest BCUT2D eigenvalue weighted by atomic mass is 9.98. The van der Waals surface area contributed by atoms with Crippen molar-refractivity contribution in [1.82, 2.24) is 5.32 Å². The Hall–Kier alpha value is -4.11. The van der Waals surface area contributed by atoms with Crippen molar-refractivity contribution < 1.29 is 14.5 Å². The van der Waals surface area contributed by atoms with Gasteiger partial charge in [0.2, 0.25) is 0 Å². The van der Waals surface area contributed by atoms with Gasteiger partial charge in [-0.2, -0.15) is 0 Å². The molecule has 0 aromatic heterocycles. The maximum atomic E-state index is 12.2. The number of nitro benzene ring substituents is 1. The molecular formula is C25H20N2O4. The number of para-hydroxylation sites is 1. The number of hydrogen-bond donors (Lipinski definition) is 1. The number of amides is 1. The number of ether oxygens (including phenoxy) is 1. The van der Waals surface area contributed by atoms with Crippen LogP contribution >= 0.6 is 0 Å². The van der Waals surface area contributed by atoms with Crippen molar-refractivity contribution in [2.24, 2.45) is 0 Å². The van der Waals surface area contributed by atoms with Crippen LogP contribution in [-0.2, 0) is 4.74 Å². The van der Waals surface area contributed by atoms with Crippen LogP contribution in [0.5, 0.6) is 0 Å². The van der Waals surface area contributed by atoms with Gasteiger partial charge in [-0.1, -0.05) is 72.5 Å². The zero-order valence-corrected chi connectivity index (χ0v) is 16.9. The molecule has 0 fully saturated rings. The monoisotopic (exact) mass is 412 g/mol. The van der Waals surface area contributed by atoms with Gasteiger partial charge in [0.05, 0.1) is 11.5 Å². The third-order valence-corrected chi connectivity index (χ3v) is 5.31. The lowest BCUT2D eigenvalue weighted by Crippen LogP contribution is -2.26. The van der Waals surface area contributed by atoms with Crippen LogP contribution in [0.25, 0.3) is 11.1 Å². The van der Waals surface area contributed by atoms with E-state index < -0.39 is 11.0 Å². The minimum Gasteiger partial charge on any atom is -0.449 e. The van der Waals surface area contributed by atoms with E-state index in [2.05, 4.69) is 41.4 Å². The highest BCUT2D eigenvalue weighted by molar-refractivity contribution is 5.79. The molecule has 0 saturated carbocycles. The Bertz CT molecular complexity index is 1180. The van der Waals surface area contributed by atoms with E-state index >= 15 is 0 Å². The van der Waals surface area contributed by atoms with Crippen molar-refractivity contribution in [3.05, 3.63) is 99.1 Å². The van der Waals surface area contributed by atoms with Crippen LogP contribution in [0, 0.1) is 28.9 Å². The first kappa shape index (κ1) is 20.2. The summed E-state index contributed by atoms with van der Waals surface area (Å²) in [5.41, 5.74) is 5.46. The second-order valence-corrected chi connectivity index (χ2v) is 7.21. The minimum atomic E-state index is -0.574. The molecule has 31 heavy (non-hydrogen) atoms. The zero-order chi connectivity index (χ0) is 21.8. The van der Waals surface area contributed by atoms with Crippen molar-refractivity contribution in [2.75, 3.05) is 13.2 Å². The van der Waals surface area contributed by atoms with Gasteiger partial charge in [0.15, 0.2) is 0 Å². The molecule has 0 spiro atoms. The maximum absolute atomic E-state index is 12.2. The third kappa shape index (κ3) is 4.12. The minimum absolute atomic E-state index is 0.0147. The van der Waals surface area contributed by atoms with Gasteiger partial charge in [-0.25, -0.2) is 4.79 Å². The molecule has 1 amide bonds. The van der Waals surface area contributed by atoms with E-state index in [0.29, 0.717) is 11.1 Å². The Balaban J connectivity index is 1.37. The second-order valence-electron chi connectivity index (χ2n) is 7.21. The number of hydrogen-bond acceptors (Lipinski definition) is 4. The number of nitrogens with one attached hydrogen (secondary N) is 1. The van der Waals surface area contributed by atoms with Crippen LogP contribution in [0.3, 0.4) is 0 Å². The number of nitro groups is 1. The van der Waals surface area contributed by atoms with Gasteiger partial charge < -0.3 is 10.1 Å². The van der Waals surface area contributed by atoms with Crippen molar-refractivity contribution >= 4 is 11.8 Å². The lowest BCUT2D eigenvalue weighted by molar-refractivity contribution is -0.385. The summed E-state index contributed by atoms with van der Waals surface area (Å²) in [6.07, 6.45) is -0.574. The van der Waals surface area contributed by atoms with Gasteiger partial charge in [-0.3, -0.25) is 10.1 Å². The number of carbonyl (C=O) groups is 1. The molecule has 4 rings (SSSR count). The quantitative estimate of drug-likeness (QED) is 0.379. The molecule has 0 heterocycles. The SMILES string of the molecule is Cc1cccc(C#CCNC(=O)OCC2c3ccccc3-c3ccccc32)c1[N+](=O)[O-]. The van der Waals surface area contributed by atoms with E-state index in [1.165, 1.54) is 0 Å². The van der Waals surface area contributed by atoms with E-state index in [1.54, 1.807) is 25.1 Å². The fourth-order valence-corrected chi connectivity index (χ4v) is 3.91. The molecule has 3 aromatic carbocycles. The molecule has 6 nitrogen and oxygen atoms in total. The Labute approximate surface area is 180 Å². The first-order valence-corrected chi connectivity index (χ1v) is 9.88. The number of benzene rings is 3. The summed E-state index contributed by atoms with van der Waals surface area (Å²) in [6, 6.07) is 21.2. The van der Waals surface area contributed by atoms with Crippen molar-refractivity contribution in [2.45, 2.75) is 12.8 Å². The average Bonchev–Trinajstić information content (AvgIpc) is 3.09. The number of fused-ring (bicyclic) bond motifs is 3. The summed E-state index contributed by atoms with van der Waals surface area (Å²) < 4.78 is 5.45. The lowest BCUT2D eigenvalue weighted by Gasteiger charge is -2.14. The number of rotatable bonds is 4. The molecule has 0 radical (unpaired) electrons. The smallest absolute Gasteiger partial charge is 0.407 e. The van der Waals surface area contributed by atoms with Gasteiger partial charge in [0.1, 0.15) is 12.2 Å². The zero-order valence-electron chi connectivity index (χ0n) is 16.9. The van der Waals surface area contributed by atoms with Crippen LogP contribution in [0.15, 0.2) is 66.7 Å². The van der Waals surface area contributed by atoms with E-state index in [1.807, 2.05) is 24.3 Å². The fraction of sp³-hybridized carbons (Fsp3) is 0.160. The summed E-state index contributed by atoms with van der Waals surface area (Å²) in [7, 11) is 0. The molecule has 0 unspecified atom stereocenters. The molecule has 0 saturated heterocycles.